The van der Waals surface area contributed by atoms with Gasteiger partial charge in [0.05, 0.1) is 6.04 Å². The molecular formula is C19H20FN3O2. The number of hydrogen-bond donors (Lipinski definition) is 2. The van der Waals surface area contributed by atoms with E-state index in [2.05, 4.69) is 10.6 Å². The second-order valence-electron chi connectivity index (χ2n) is 6.02. The van der Waals surface area contributed by atoms with Crippen LogP contribution in [0, 0.1) is 5.82 Å². The predicted octanol–water partition coefficient (Wildman–Crippen LogP) is 2.47. The highest BCUT2D eigenvalue weighted by Crippen LogP contribution is 2.22. The Morgan fingerprint density at radius 3 is 2.72 bits per heavy atom. The average molecular weight is 341 g/mol. The summed E-state index contributed by atoms with van der Waals surface area (Å²) in [6, 6.07) is 15.2. The smallest absolute Gasteiger partial charge is 0.315 e. The van der Waals surface area contributed by atoms with Crippen molar-refractivity contribution in [3.05, 3.63) is 66.0 Å². The monoisotopic (exact) mass is 341 g/mol. The third-order valence-electron chi connectivity index (χ3n) is 4.12. The maximum Gasteiger partial charge on any atom is 0.315 e. The molecule has 6 heteroatoms. The van der Waals surface area contributed by atoms with Crippen LogP contribution < -0.4 is 15.5 Å². The Labute approximate surface area is 145 Å². The molecule has 0 radical (unpaired) electrons. The van der Waals surface area contributed by atoms with Crippen molar-refractivity contribution in [1.29, 1.82) is 0 Å². The van der Waals surface area contributed by atoms with Crippen molar-refractivity contribution in [3.63, 3.8) is 0 Å². The van der Waals surface area contributed by atoms with Crippen LogP contribution in [0.4, 0.5) is 14.9 Å². The molecule has 1 aliphatic heterocycles. The number of nitrogens with zero attached hydrogens (tertiary/aromatic N) is 1. The van der Waals surface area contributed by atoms with Crippen molar-refractivity contribution in [1.82, 2.24) is 10.6 Å². The normalized spacial score (nSPS) is 16.8. The van der Waals surface area contributed by atoms with Gasteiger partial charge in [-0.05, 0) is 30.2 Å². The minimum atomic E-state index is -0.389. The molecule has 2 aromatic carbocycles. The van der Waals surface area contributed by atoms with E-state index in [9.17, 15) is 14.0 Å². The standard InChI is InChI=1S/C19H20FN3O2/c20-15-7-4-8-17(11-15)23-13-16(12-18(23)24)22-19(25)21-10-9-14-5-2-1-3-6-14/h1-8,11,16H,9-10,12-13H2,(H2,21,22,25). The molecule has 1 unspecified atom stereocenters. The largest absolute Gasteiger partial charge is 0.338 e. The molecule has 5 nitrogen and oxygen atoms in total. The summed E-state index contributed by atoms with van der Waals surface area (Å²) in [7, 11) is 0. The Bertz CT molecular complexity index is 751. The highest BCUT2D eigenvalue weighted by molar-refractivity contribution is 5.96. The van der Waals surface area contributed by atoms with E-state index >= 15 is 0 Å². The van der Waals surface area contributed by atoms with E-state index in [1.54, 1.807) is 12.1 Å². The van der Waals surface area contributed by atoms with E-state index in [1.807, 2.05) is 30.3 Å². The van der Waals surface area contributed by atoms with Gasteiger partial charge in [-0.1, -0.05) is 36.4 Å². The lowest BCUT2D eigenvalue weighted by molar-refractivity contribution is -0.117. The summed E-state index contributed by atoms with van der Waals surface area (Å²) < 4.78 is 13.3. The van der Waals surface area contributed by atoms with E-state index in [1.165, 1.54) is 17.0 Å². The topological polar surface area (TPSA) is 61.4 Å². The first-order chi connectivity index (χ1) is 12.1. The molecule has 0 saturated carbocycles. The van der Waals surface area contributed by atoms with Gasteiger partial charge in [-0.25, -0.2) is 9.18 Å². The van der Waals surface area contributed by atoms with Gasteiger partial charge in [-0.15, -0.1) is 0 Å². The summed E-state index contributed by atoms with van der Waals surface area (Å²) in [6.45, 7) is 0.860. The van der Waals surface area contributed by atoms with Crippen LogP contribution in [0.3, 0.4) is 0 Å². The molecule has 2 aromatic rings. The summed E-state index contributed by atoms with van der Waals surface area (Å²) in [5, 5.41) is 5.60. The fraction of sp³-hybridized carbons (Fsp3) is 0.263. The average Bonchev–Trinajstić information content (AvgIpc) is 2.96. The number of halogens is 1. The number of hydrogen-bond acceptors (Lipinski definition) is 2. The number of urea groups is 1. The van der Waals surface area contributed by atoms with Crippen molar-refractivity contribution in [2.45, 2.75) is 18.9 Å². The van der Waals surface area contributed by atoms with Crippen LogP contribution in [0.5, 0.6) is 0 Å². The van der Waals surface area contributed by atoms with Gasteiger partial charge in [-0.2, -0.15) is 0 Å². The zero-order chi connectivity index (χ0) is 17.6. The van der Waals surface area contributed by atoms with Gasteiger partial charge in [0.2, 0.25) is 5.91 Å². The highest BCUT2D eigenvalue weighted by atomic mass is 19.1. The summed E-state index contributed by atoms with van der Waals surface area (Å²) in [5.74, 6) is -0.513. The van der Waals surface area contributed by atoms with Crippen molar-refractivity contribution in [2.24, 2.45) is 0 Å². The number of benzene rings is 2. The van der Waals surface area contributed by atoms with Gasteiger partial charge in [0, 0.05) is 25.2 Å². The van der Waals surface area contributed by atoms with E-state index in [0.717, 1.165) is 12.0 Å². The summed E-state index contributed by atoms with van der Waals surface area (Å²) in [4.78, 5) is 25.6. The number of rotatable bonds is 5. The van der Waals surface area contributed by atoms with Crippen LogP contribution in [0.25, 0.3) is 0 Å². The van der Waals surface area contributed by atoms with Crippen molar-refractivity contribution < 1.29 is 14.0 Å². The SMILES string of the molecule is O=C(NCCc1ccccc1)NC1CC(=O)N(c2cccc(F)c2)C1. The molecule has 1 atom stereocenters. The lowest BCUT2D eigenvalue weighted by atomic mass is 10.1. The second kappa shape index (κ2) is 7.79. The molecule has 0 aromatic heterocycles. The lowest BCUT2D eigenvalue weighted by Crippen LogP contribution is -2.43. The fourth-order valence-corrected chi connectivity index (χ4v) is 2.90. The third-order valence-corrected chi connectivity index (χ3v) is 4.12. The quantitative estimate of drug-likeness (QED) is 0.878. The van der Waals surface area contributed by atoms with Crippen LogP contribution in [-0.2, 0) is 11.2 Å². The van der Waals surface area contributed by atoms with Gasteiger partial charge >= 0.3 is 6.03 Å². The highest BCUT2D eigenvalue weighted by Gasteiger charge is 2.31. The van der Waals surface area contributed by atoms with Gasteiger partial charge in [0.25, 0.3) is 0 Å². The molecule has 1 aliphatic rings. The maximum absolute atomic E-state index is 13.3. The van der Waals surface area contributed by atoms with Crippen LogP contribution in [-0.4, -0.2) is 31.1 Å². The van der Waals surface area contributed by atoms with Crippen LogP contribution in [0.1, 0.15) is 12.0 Å². The number of carbonyl (C=O) groups is 2. The fourth-order valence-electron chi connectivity index (χ4n) is 2.90. The molecule has 25 heavy (non-hydrogen) atoms. The molecule has 2 N–H and O–H groups in total. The molecular weight excluding hydrogens is 321 g/mol. The molecule has 3 rings (SSSR count). The Hall–Kier alpha value is -2.89. The molecule has 0 spiro atoms. The molecule has 1 saturated heterocycles. The molecule has 1 fully saturated rings. The molecule has 3 amide bonds. The third kappa shape index (κ3) is 4.56. The molecule has 0 bridgehead atoms. The van der Waals surface area contributed by atoms with Crippen LogP contribution >= 0.6 is 0 Å². The number of carbonyl (C=O) groups excluding carboxylic acids is 2. The van der Waals surface area contributed by atoms with Crippen molar-refractivity contribution in [2.75, 3.05) is 18.0 Å². The van der Waals surface area contributed by atoms with Gasteiger partial charge < -0.3 is 15.5 Å². The first-order valence-electron chi connectivity index (χ1n) is 8.26. The summed E-state index contributed by atoms with van der Waals surface area (Å²) >= 11 is 0. The zero-order valence-corrected chi connectivity index (χ0v) is 13.7. The minimum Gasteiger partial charge on any atom is -0.338 e. The van der Waals surface area contributed by atoms with Crippen LogP contribution in [0.15, 0.2) is 54.6 Å². The number of nitrogens with one attached hydrogen (secondary N) is 2. The van der Waals surface area contributed by atoms with E-state index in [0.29, 0.717) is 18.8 Å². The number of amides is 3. The maximum atomic E-state index is 13.3. The molecule has 1 heterocycles. The van der Waals surface area contributed by atoms with Crippen molar-refractivity contribution >= 4 is 17.6 Å². The minimum absolute atomic E-state index is 0.125. The Kier molecular flexibility index (Phi) is 5.28. The summed E-state index contributed by atoms with van der Waals surface area (Å²) in [6.07, 6.45) is 0.954. The Morgan fingerprint density at radius 1 is 1.16 bits per heavy atom. The number of anilines is 1. The van der Waals surface area contributed by atoms with Crippen molar-refractivity contribution in [3.8, 4) is 0 Å². The van der Waals surface area contributed by atoms with Gasteiger partial charge in [-0.3, -0.25) is 4.79 Å². The zero-order valence-electron chi connectivity index (χ0n) is 13.7. The predicted molar refractivity (Wildman–Crippen MR) is 93.8 cm³/mol. The van der Waals surface area contributed by atoms with E-state index in [-0.39, 0.29) is 30.2 Å². The molecule has 130 valence electrons. The summed E-state index contributed by atoms with van der Waals surface area (Å²) in [5.41, 5.74) is 1.66. The first-order valence-corrected chi connectivity index (χ1v) is 8.26. The van der Waals surface area contributed by atoms with E-state index < -0.39 is 0 Å². The van der Waals surface area contributed by atoms with Gasteiger partial charge in [0.15, 0.2) is 0 Å². The van der Waals surface area contributed by atoms with Gasteiger partial charge in [0.1, 0.15) is 5.82 Å². The van der Waals surface area contributed by atoms with Crippen LogP contribution in [0.2, 0.25) is 0 Å². The Morgan fingerprint density at radius 2 is 1.96 bits per heavy atom. The van der Waals surface area contributed by atoms with E-state index in [4.69, 9.17) is 0 Å². The second-order valence-corrected chi connectivity index (χ2v) is 6.02. The first kappa shape index (κ1) is 17.0. The Balaban J connectivity index is 1.47. The lowest BCUT2D eigenvalue weighted by Gasteiger charge is -2.17. The molecule has 0 aliphatic carbocycles.